The maximum Gasteiger partial charge on any atom is 0.238 e. The Morgan fingerprint density at radius 2 is 1.88 bits per heavy atom. The average Bonchev–Trinajstić information content (AvgIpc) is 2.62. The summed E-state index contributed by atoms with van der Waals surface area (Å²) in [6, 6.07) is 19.4. The Kier molecular flexibility index (Phi) is 5.76. The molecule has 3 rings (SSSR count). The van der Waals surface area contributed by atoms with Crippen LogP contribution >= 0.6 is 11.6 Å². The van der Waals surface area contributed by atoms with Crippen molar-refractivity contribution in [2.24, 2.45) is 0 Å². The van der Waals surface area contributed by atoms with E-state index in [1.165, 1.54) is 0 Å². The number of hydrogen-bond acceptors (Lipinski definition) is 3. The van der Waals surface area contributed by atoms with E-state index in [0.717, 1.165) is 27.8 Å². The minimum atomic E-state index is -0.0650. The van der Waals surface area contributed by atoms with Gasteiger partial charge < -0.3 is 10.1 Å². The van der Waals surface area contributed by atoms with Gasteiger partial charge in [0.15, 0.2) is 0 Å². The number of rotatable bonds is 6. The maximum absolute atomic E-state index is 12.5. The summed E-state index contributed by atoms with van der Waals surface area (Å²) in [7, 11) is 3.52. The van der Waals surface area contributed by atoms with Crippen molar-refractivity contribution < 1.29 is 9.53 Å². The number of fused-ring (bicyclic) bond motifs is 1. The highest BCUT2D eigenvalue weighted by Crippen LogP contribution is 2.24. The molecule has 0 radical (unpaired) electrons. The van der Waals surface area contributed by atoms with Crippen LogP contribution in [0.15, 0.2) is 60.7 Å². The standard InChI is InChI=1S/C21H21ClN2O2/c1-24(13-16-12-17(22)10-11-20(16)26-2)14-21(25)23-19-9-5-7-15-6-3-4-8-18(15)19/h3-12H,13-14H2,1-2H3,(H,23,25). The number of hydrogen-bond donors (Lipinski definition) is 1. The molecule has 0 atom stereocenters. The Morgan fingerprint density at radius 1 is 1.12 bits per heavy atom. The van der Waals surface area contributed by atoms with Crippen molar-refractivity contribution in [3.05, 3.63) is 71.2 Å². The Hall–Kier alpha value is -2.56. The van der Waals surface area contributed by atoms with Crippen molar-refractivity contribution in [2.45, 2.75) is 6.54 Å². The first-order valence-electron chi connectivity index (χ1n) is 8.35. The summed E-state index contributed by atoms with van der Waals surface area (Å²) in [6.45, 7) is 0.825. The fraction of sp³-hybridized carbons (Fsp3) is 0.190. The van der Waals surface area contributed by atoms with Crippen molar-refractivity contribution in [3.63, 3.8) is 0 Å². The second-order valence-corrected chi connectivity index (χ2v) is 6.64. The van der Waals surface area contributed by atoms with Crippen molar-refractivity contribution in [1.29, 1.82) is 0 Å². The molecule has 0 saturated heterocycles. The van der Waals surface area contributed by atoms with Crippen LogP contribution in [0.3, 0.4) is 0 Å². The molecular weight excluding hydrogens is 348 g/mol. The number of ether oxygens (including phenoxy) is 1. The van der Waals surface area contributed by atoms with Crippen LogP contribution in [0.2, 0.25) is 5.02 Å². The smallest absolute Gasteiger partial charge is 0.238 e. The number of anilines is 1. The number of amides is 1. The van der Waals surface area contributed by atoms with Crippen LogP contribution in [0.25, 0.3) is 10.8 Å². The Labute approximate surface area is 158 Å². The lowest BCUT2D eigenvalue weighted by Gasteiger charge is -2.18. The lowest BCUT2D eigenvalue weighted by atomic mass is 10.1. The molecule has 0 bridgehead atoms. The Bertz CT molecular complexity index is 922. The van der Waals surface area contributed by atoms with Crippen molar-refractivity contribution >= 4 is 34.0 Å². The molecule has 0 spiro atoms. The summed E-state index contributed by atoms with van der Waals surface area (Å²) in [5.74, 6) is 0.695. The van der Waals surface area contributed by atoms with Gasteiger partial charge in [0.25, 0.3) is 0 Å². The van der Waals surface area contributed by atoms with Gasteiger partial charge in [0.05, 0.1) is 13.7 Å². The number of benzene rings is 3. The zero-order valence-corrected chi connectivity index (χ0v) is 15.6. The van der Waals surface area contributed by atoms with Gasteiger partial charge in [-0.15, -0.1) is 0 Å². The van der Waals surface area contributed by atoms with Crippen LogP contribution in [-0.4, -0.2) is 31.5 Å². The fourth-order valence-electron chi connectivity index (χ4n) is 2.99. The molecule has 0 aliphatic carbocycles. The highest BCUT2D eigenvalue weighted by atomic mass is 35.5. The largest absolute Gasteiger partial charge is 0.496 e. The predicted octanol–water partition coefficient (Wildman–Crippen LogP) is 4.57. The number of carbonyl (C=O) groups is 1. The minimum absolute atomic E-state index is 0.0650. The summed E-state index contributed by atoms with van der Waals surface area (Å²) < 4.78 is 5.36. The van der Waals surface area contributed by atoms with Crippen molar-refractivity contribution in [2.75, 3.05) is 26.0 Å². The molecular formula is C21H21ClN2O2. The van der Waals surface area contributed by atoms with Crippen LogP contribution in [0.4, 0.5) is 5.69 Å². The summed E-state index contributed by atoms with van der Waals surface area (Å²) in [5.41, 5.74) is 1.77. The van der Waals surface area contributed by atoms with Gasteiger partial charge in [-0.1, -0.05) is 48.0 Å². The number of nitrogens with one attached hydrogen (secondary N) is 1. The van der Waals surface area contributed by atoms with Gasteiger partial charge in [-0.2, -0.15) is 0 Å². The van der Waals surface area contributed by atoms with Gasteiger partial charge in [-0.25, -0.2) is 0 Å². The lowest BCUT2D eigenvalue weighted by molar-refractivity contribution is -0.117. The average molecular weight is 369 g/mol. The van der Waals surface area contributed by atoms with Crippen LogP contribution < -0.4 is 10.1 Å². The molecule has 0 aliphatic rings. The third-order valence-electron chi connectivity index (χ3n) is 4.16. The lowest BCUT2D eigenvalue weighted by Crippen LogP contribution is -2.30. The number of carbonyl (C=O) groups excluding carboxylic acids is 1. The molecule has 0 aromatic heterocycles. The number of halogens is 1. The van der Waals surface area contributed by atoms with E-state index in [1.54, 1.807) is 13.2 Å². The summed E-state index contributed by atoms with van der Waals surface area (Å²) in [5, 5.41) is 5.78. The van der Waals surface area contributed by atoms with Crippen LogP contribution in [-0.2, 0) is 11.3 Å². The predicted molar refractivity (Wildman–Crippen MR) is 107 cm³/mol. The summed E-state index contributed by atoms with van der Waals surface area (Å²) in [6.07, 6.45) is 0. The van der Waals surface area contributed by atoms with E-state index in [2.05, 4.69) is 5.32 Å². The van der Waals surface area contributed by atoms with E-state index in [0.29, 0.717) is 11.6 Å². The molecule has 0 heterocycles. The summed E-state index contributed by atoms with van der Waals surface area (Å²) in [4.78, 5) is 14.4. The molecule has 0 fully saturated rings. The second-order valence-electron chi connectivity index (χ2n) is 6.20. The van der Waals surface area contributed by atoms with Gasteiger partial charge in [0.2, 0.25) is 5.91 Å². The number of nitrogens with zero attached hydrogens (tertiary/aromatic N) is 1. The first-order valence-corrected chi connectivity index (χ1v) is 8.73. The molecule has 3 aromatic carbocycles. The monoisotopic (exact) mass is 368 g/mol. The van der Waals surface area contributed by atoms with Crippen molar-refractivity contribution in [1.82, 2.24) is 4.90 Å². The van der Waals surface area contributed by atoms with Gasteiger partial charge >= 0.3 is 0 Å². The Morgan fingerprint density at radius 3 is 2.69 bits per heavy atom. The molecule has 1 amide bonds. The molecule has 134 valence electrons. The SMILES string of the molecule is COc1ccc(Cl)cc1CN(C)CC(=O)Nc1cccc2ccccc12. The first kappa shape index (κ1) is 18.2. The highest BCUT2D eigenvalue weighted by Gasteiger charge is 2.12. The molecule has 0 unspecified atom stereocenters. The van der Waals surface area contributed by atoms with E-state index < -0.39 is 0 Å². The minimum Gasteiger partial charge on any atom is -0.496 e. The fourth-order valence-corrected chi connectivity index (χ4v) is 3.18. The molecule has 4 nitrogen and oxygen atoms in total. The van der Waals surface area contributed by atoms with E-state index in [9.17, 15) is 4.79 Å². The number of likely N-dealkylation sites (N-methyl/N-ethyl adjacent to an activating group) is 1. The highest BCUT2D eigenvalue weighted by molar-refractivity contribution is 6.30. The topological polar surface area (TPSA) is 41.6 Å². The molecule has 3 aromatic rings. The molecule has 5 heteroatoms. The summed E-state index contributed by atoms with van der Waals surface area (Å²) >= 11 is 6.07. The van der Waals surface area contributed by atoms with Gasteiger partial charge in [0, 0.05) is 28.2 Å². The van der Waals surface area contributed by atoms with Gasteiger partial charge in [0.1, 0.15) is 5.75 Å². The van der Waals surface area contributed by atoms with Crippen LogP contribution in [0.1, 0.15) is 5.56 Å². The second kappa shape index (κ2) is 8.21. The normalized spacial score (nSPS) is 10.9. The Balaban J connectivity index is 1.67. The van der Waals surface area contributed by atoms with Gasteiger partial charge in [-0.3, -0.25) is 9.69 Å². The van der Waals surface area contributed by atoms with Gasteiger partial charge in [-0.05, 0) is 36.7 Å². The zero-order valence-electron chi connectivity index (χ0n) is 14.8. The third kappa shape index (κ3) is 4.34. The van der Waals surface area contributed by atoms with E-state index >= 15 is 0 Å². The molecule has 26 heavy (non-hydrogen) atoms. The van der Waals surface area contributed by atoms with E-state index in [1.807, 2.05) is 66.5 Å². The molecule has 1 N–H and O–H groups in total. The first-order chi connectivity index (χ1) is 12.6. The quantitative estimate of drug-likeness (QED) is 0.692. The van der Waals surface area contributed by atoms with E-state index in [-0.39, 0.29) is 12.5 Å². The van der Waals surface area contributed by atoms with Crippen LogP contribution in [0, 0.1) is 0 Å². The zero-order chi connectivity index (χ0) is 18.5. The maximum atomic E-state index is 12.5. The van der Waals surface area contributed by atoms with E-state index in [4.69, 9.17) is 16.3 Å². The number of methoxy groups -OCH3 is 1. The van der Waals surface area contributed by atoms with Crippen molar-refractivity contribution in [3.8, 4) is 5.75 Å². The molecule has 0 saturated carbocycles. The van der Waals surface area contributed by atoms with Crippen LogP contribution in [0.5, 0.6) is 5.75 Å². The third-order valence-corrected chi connectivity index (χ3v) is 4.40. The molecule has 0 aliphatic heterocycles.